The van der Waals surface area contributed by atoms with Crippen LogP contribution >= 0.6 is 11.3 Å². The van der Waals surface area contributed by atoms with E-state index in [-0.39, 0.29) is 31.3 Å². The normalized spacial score (nSPS) is 21.5. The lowest BCUT2D eigenvalue weighted by atomic mass is 9.97. The van der Waals surface area contributed by atoms with Crippen molar-refractivity contribution in [1.82, 2.24) is 20.3 Å². The fourth-order valence-electron chi connectivity index (χ4n) is 5.06. The molecule has 0 radical (unpaired) electrons. The minimum Gasteiger partial charge on any atom is -0.444 e. The smallest absolute Gasteiger partial charge is 0.320 e. The van der Waals surface area contributed by atoms with E-state index in [1.807, 2.05) is 30.3 Å². The van der Waals surface area contributed by atoms with Crippen LogP contribution in [0.3, 0.4) is 0 Å². The van der Waals surface area contributed by atoms with E-state index in [9.17, 15) is 23.2 Å². The Balaban J connectivity index is 1.46. The molecule has 196 valence electrons. The second-order valence-electron chi connectivity index (χ2n) is 9.35. The highest BCUT2D eigenvalue weighted by atomic mass is 32.2. The van der Waals surface area contributed by atoms with E-state index in [0.717, 1.165) is 28.8 Å². The van der Waals surface area contributed by atoms with Crippen molar-refractivity contribution in [2.24, 2.45) is 0 Å². The van der Waals surface area contributed by atoms with Crippen LogP contribution in [0.15, 0.2) is 53.4 Å². The fourth-order valence-corrected chi connectivity index (χ4v) is 8.67. The third kappa shape index (κ3) is 4.88. The number of urea groups is 1. The lowest BCUT2D eigenvalue weighted by molar-refractivity contribution is -0.129. The number of oxazole rings is 1. The van der Waals surface area contributed by atoms with E-state index >= 15 is 0 Å². The van der Waals surface area contributed by atoms with Crippen LogP contribution in [0.5, 0.6) is 0 Å². The summed E-state index contributed by atoms with van der Waals surface area (Å²) in [7, 11) is -3.87. The van der Waals surface area contributed by atoms with Crippen molar-refractivity contribution >= 4 is 33.1 Å². The van der Waals surface area contributed by atoms with Gasteiger partial charge < -0.3 is 14.2 Å². The largest absolute Gasteiger partial charge is 0.444 e. The number of hydrogen-bond donors (Lipinski definition) is 2. The molecule has 2 saturated heterocycles. The van der Waals surface area contributed by atoms with E-state index in [4.69, 9.17) is 4.42 Å². The monoisotopic (exact) mass is 544 g/mol. The van der Waals surface area contributed by atoms with Crippen LogP contribution in [0.25, 0.3) is 21.8 Å². The first kappa shape index (κ1) is 25.4. The third-order valence-corrected chi connectivity index (χ3v) is 11.1. The van der Waals surface area contributed by atoms with E-state index in [2.05, 4.69) is 4.98 Å². The maximum atomic E-state index is 13.8. The predicted molar refractivity (Wildman–Crippen MR) is 138 cm³/mol. The van der Waals surface area contributed by atoms with Crippen LogP contribution in [0.2, 0.25) is 0 Å². The fraction of sp³-hybridized carbons (Fsp3) is 0.400. The molecule has 2 aliphatic heterocycles. The van der Waals surface area contributed by atoms with Crippen molar-refractivity contribution in [2.75, 3.05) is 31.9 Å². The molecule has 12 heteroatoms. The Bertz CT molecular complexity index is 1360. The minimum atomic E-state index is -3.87. The number of nitrogens with one attached hydrogen (secondary N) is 1. The van der Waals surface area contributed by atoms with Gasteiger partial charge in [-0.3, -0.25) is 10.0 Å². The first-order chi connectivity index (χ1) is 17.8. The second kappa shape index (κ2) is 10.3. The Labute approximate surface area is 218 Å². The van der Waals surface area contributed by atoms with Gasteiger partial charge in [0.15, 0.2) is 22.0 Å². The average Bonchev–Trinajstić information content (AvgIpc) is 3.69. The molecule has 1 aromatic carbocycles. The van der Waals surface area contributed by atoms with Crippen molar-refractivity contribution in [3.05, 3.63) is 53.9 Å². The molecule has 2 fully saturated rings. The number of aromatic nitrogens is 1. The quantitative estimate of drug-likeness (QED) is 0.371. The zero-order chi connectivity index (χ0) is 26.0. The molecule has 2 aliphatic rings. The van der Waals surface area contributed by atoms with E-state index in [1.54, 1.807) is 27.5 Å². The highest BCUT2D eigenvalue weighted by Gasteiger charge is 2.50. The summed E-state index contributed by atoms with van der Waals surface area (Å²) in [5, 5.41) is 9.26. The molecule has 1 atom stereocenters. The zero-order valence-corrected chi connectivity index (χ0v) is 21.8. The van der Waals surface area contributed by atoms with Gasteiger partial charge in [0.2, 0.25) is 5.91 Å². The average molecular weight is 545 g/mol. The van der Waals surface area contributed by atoms with Gasteiger partial charge in [-0.15, -0.1) is 11.3 Å². The number of hydrogen-bond acceptors (Lipinski definition) is 8. The number of amides is 3. The number of hydroxylamine groups is 1. The van der Waals surface area contributed by atoms with Crippen molar-refractivity contribution in [2.45, 2.75) is 30.4 Å². The summed E-state index contributed by atoms with van der Waals surface area (Å²) >= 11 is 1.30. The van der Waals surface area contributed by atoms with E-state index < -0.39 is 26.9 Å². The van der Waals surface area contributed by atoms with Crippen molar-refractivity contribution < 1.29 is 27.6 Å². The zero-order valence-electron chi connectivity index (χ0n) is 20.1. The van der Waals surface area contributed by atoms with Crippen LogP contribution in [-0.4, -0.2) is 72.3 Å². The van der Waals surface area contributed by atoms with E-state index in [1.165, 1.54) is 17.7 Å². The molecular weight excluding hydrogens is 516 g/mol. The van der Waals surface area contributed by atoms with Gasteiger partial charge in [0, 0.05) is 41.5 Å². The lowest BCUT2D eigenvalue weighted by Gasteiger charge is -2.31. The first-order valence-corrected chi connectivity index (χ1v) is 14.6. The van der Waals surface area contributed by atoms with Crippen LogP contribution in [0, 0.1) is 0 Å². The Kier molecular flexibility index (Phi) is 7.06. The summed E-state index contributed by atoms with van der Waals surface area (Å²) in [4.78, 5) is 34.0. The highest BCUT2D eigenvalue weighted by Crippen LogP contribution is 2.45. The topological polar surface area (TPSA) is 133 Å². The number of thiophene rings is 1. The van der Waals surface area contributed by atoms with Gasteiger partial charge in [0.1, 0.15) is 4.75 Å². The number of carbonyl (C=O) groups excluding carboxylic acids is 2. The number of sulfone groups is 1. The molecule has 0 aliphatic carbocycles. The van der Waals surface area contributed by atoms with Gasteiger partial charge >= 0.3 is 6.03 Å². The molecule has 2 N–H and O–H groups in total. The SMILES string of the molecule is O=C(C[C@]1(c2ccc(-c3ccc(-c4cnco4)cc3)s2)CCN(C(=O)N2CCCC2)CCS1(=O)=O)NO. The lowest BCUT2D eigenvalue weighted by Crippen LogP contribution is -2.43. The van der Waals surface area contributed by atoms with Gasteiger partial charge in [0.05, 0.1) is 18.4 Å². The molecule has 3 amide bonds. The van der Waals surface area contributed by atoms with Crippen molar-refractivity contribution in [3.63, 3.8) is 0 Å². The predicted octanol–water partition coefficient (Wildman–Crippen LogP) is 3.50. The molecule has 5 rings (SSSR count). The summed E-state index contributed by atoms with van der Waals surface area (Å²) in [5.41, 5.74) is 3.35. The Morgan fingerprint density at radius 2 is 1.73 bits per heavy atom. The molecule has 0 spiro atoms. The van der Waals surface area contributed by atoms with Gasteiger partial charge in [-0.25, -0.2) is 23.7 Å². The molecule has 0 bridgehead atoms. The Morgan fingerprint density at radius 1 is 1.03 bits per heavy atom. The maximum absolute atomic E-state index is 13.8. The minimum absolute atomic E-state index is 0.0622. The van der Waals surface area contributed by atoms with Crippen LogP contribution < -0.4 is 5.48 Å². The van der Waals surface area contributed by atoms with Gasteiger partial charge in [0.25, 0.3) is 0 Å². The Hall–Kier alpha value is -3.22. The Morgan fingerprint density at radius 3 is 2.41 bits per heavy atom. The van der Waals surface area contributed by atoms with Gasteiger partial charge in [-0.2, -0.15) is 0 Å². The molecule has 0 unspecified atom stereocenters. The molecule has 2 aromatic heterocycles. The summed E-state index contributed by atoms with van der Waals surface area (Å²) in [6.07, 6.45) is 4.51. The second-order valence-corrected chi connectivity index (χ2v) is 12.8. The first-order valence-electron chi connectivity index (χ1n) is 12.1. The van der Waals surface area contributed by atoms with Crippen molar-refractivity contribution in [1.29, 1.82) is 0 Å². The molecular formula is C25H28N4O6S2. The summed E-state index contributed by atoms with van der Waals surface area (Å²) in [6.45, 7) is 1.61. The number of nitrogens with zero attached hydrogens (tertiary/aromatic N) is 3. The molecule has 3 aromatic rings. The number of carbonyl (C=O) groups is 2. The third-order valence-electron chi connectivity index (χ3n) is 7.17. The standard InChI is InChI=1S/C25H28N4O6S2/c30-23(27-32)15-25(9-12-29(13-14-37(25,33)34)24(31)28-10-1-2-11-28)22-8-7-21(36-22)19-5-3-18(4-6-19)20-16-26-17-35-20/h3-8,16-17,32H,1-2,9-15H2,(H,27,30)/t25-/m0/s1. The van der Waals surface area contributed by atoms with Crippen LogP contribution in [0.4, 0.5) is 4.79 Å². The van der Waals surface area contributed by atoms with Gasteiger partial charge in [-0.05, 0) is 37.0 Å². The van der Waals surface area contributed by atoms with E-state index in [0.29, 0.717) is 23.7 Å². The molecule has 10 nitrogen and oxygen atoms in total. The maximum Gasteiger partial charge on any atom is 0.320 e. The molecule has 4 heterocycles. The number of likely N-dealkylation sites (tertiary alicyclic amines) is 1. The number of rotatable bonds is 5. The summed E-state index contributed by atoms with van der Waals surface area (Å²) in [6, 6.07) is 11.1. The van der Waals surface area contributed by atoms with Crippen LogP contribution in [0.1, 0.15) is 30.6 Å². The molecule has 37 heavy (non-hydrogen) atoms. The summed E-state index contributed by atoms with van der Waals surface area (Å²) < 4.78 is 31.3. The van der Waals surface area contributed by atoms with Crippen LogP contribution in [-0.2, 0) is 19.4 Å². The number of benzene rings is 1. The van der Waals surface area contributed by atoms with Crippen molar-refractivity contribution in [3.8, 4) is 21.8 Å². The van der Waals surface area contributed by atoms with Gasteiger partial charge in [-0.1, -0.05) is 24.3 Å². The molecule has 0 saturated carbocycles. The highest BCUT2D eigenvalue weighted by molar-refractivity contribution is 7.92. The summed E-state index contributed by atoms with van der Waals surface area (Å²) in [5.74, 6) is -0.399.